The predicted molar refractivity (Wildman–Crippen MR) is 72.4 cm³/mol. The first-order chi connectivity index (χ1) is 8.60. The molecule has 7 heteroatoms. The van der Waals surface area contributed by atoms with Crippen molar-refractivity contribution in [3.05, 3.63) is 0 Å². The maximum absolute atomic E-state index is 5.37. The number of hydrazine groups is 1. The summed E-state index contributed by atoms with van der Waals surface area (Å²) in [7, 11) is 3.77. The lowest BCUT2D eigenvalue weighted by Gasteiger charge is -2.31. The first-order valence-electron chi connectivity index (χ1n) is 6.26. The zero-order chi connectivity index (χ0) is 13.1. The second-order valence-corrected chi connectivity index (χ2v) is 4.95. The van der Waals surface area contributed by atoms with Crippen LogP contribution in [0.1, 0.15) is 26.2 Å². The van der Waals surface area contributed by atoms with Crippen molar-refractivity contribution in [2.45, 2.75) is 32.2 Å². The van der Waals surface area contributed by atoms with Crippen molar-refractivity contribution >= 4 is 17.8 Å². The van der Waals surface area contributed by atoms with Gasteiger partial charge in [0.2, 0.25) is 17.8 Å². The maximum Gasteiger partial charge on any atom is 0.243 e. The van der Waals surface area contributed by atoms with Gasteiger partial charge in [-0.05, 0) is 25.7 Å². The number of nitrogens with two attached hydrogens (primary N) is 1. The van der Waals surface area contributed by atoms with E-state index in [0.29, 0.717) is 23.9 Å². The number of nitrogens with zero attached hydrogens (tertiary/aromatic N) is 4. The predicted octanol–water partition coefficient (Wildman–Crippen LogP) is 0.824. The molecule has 1 atom stereocenters. The zero-order valence-corrected chi connectivity index (χ0v) is 11.1. The van der Waals surface area contributed by atoms with Crippen LogP contribution < -0.4 is 21.5 Å². The van der Waals surface area contributed by atoms with Gasteiger partial charge in [0.05, 0.1) is 0 Å². The molecule has 0 bridgehead atoms. The molecule has 1 fully saturated rings. The quantitative estimate of drug-likeness (QED) is 0.527. The summed E-state index contributed by atoms with van der Waals surface area (Å²) < 4.78 is 0. The summed E-state index contributed by atoms with van der Waals surface area (Å²) in [5.74, 6) is 7.61. The lowest BCUT2D eigenvalue weighted by Crippen LogP contribution is -2.32. The van der Waals surface area contributed by atoms with Crippen molar-refractivity contribution < 1.29 is 0 Å². The number of nitrogen functional groups attached to an aromatic ring is 1. The van der Waals surface area contributed by atoms with Crippen molar-refractivity contribution in [1.82, 2.24) is 15.0 Å². The van der Waals surface area contributed by atoms with E-state index in [9.17, 15) is 0 Å². The van der Waals surface area contributed by atoms with E-state index in [2.05, 4.69) is 32.6 Å². The average Bonchev–Trinajstić information content (AvgIpc) is 2.25. The first-order valence-corrected chi connectivity index (χ1v) is 6.26. The van der Waals surface area contributed by atoms with Crippen LogP contribution in [0.3, 0.4) is 0 Å². The molecule has 0 aliphatic heterocycles. The largest absolute Gasteiger partial charge is 0.351 e. The highest BCUT2D eigenvalue weighted by Gasteiger charge is 2.24. The van der Waals surface area contributed by atoms with Crippen LogP contribution in [0.15, 0.2) is 0 Å². The summed E-state index contributed by atoms with van der Waals surface area (Å²) in [5, 5.41) is 3.33. The molecule has 2 rings (SSSR count). The van der Waals surface area contributed by atoms with Gasteiger partial charge in [0.1, 0.15) is 0 Å². The SMILES string of the molecule is CC(Nc1nc(NN)nc(N(C)C)n1)C1CCC1. The Morgan fingerprint density at radius 1 is 1.22 bits per heavy atom. The molecule has 0 spiro atoms. The number of hydrogen-bond acceptors (Lipinski definition) is 7. The number of nitrogens with one attached hydrogen (secondary N) is 2. The highest BCUT2D eigenvalue weighted by atomic mass is 15.4. The number of anilines is 3. The number of hydrogen-bond donors (Lipinski definition) is 3. The minimum atomic E-state index is 0.372. The number of aromatic nitrogens is 3. The fourth-order valence-electron chi connectivity index (χ4n) is 1.96. The third-order valence-electron chi connectivity index (χ3n) is 3.37. The molecule has 1 aliphatic carbocycles. The Labute approximate surface area is 107 Å². The molecule has 0 saturated heterocycles. The van der Waals surface area contributed by atoms with Gasteiger partial charge in [-0.3, -0.25) is 5.43 Å². The molecule has 0 aromatic carbocycles. The third kappa shape index (κ3) is 2.79. The molecular weight excluding hydrogens is 230 g/mol. The fourth-order valence-corrected chi connectivity index (χ4v) is 1.96. The minimum Gasteiger partial charge on any atom is -0.351 e. The minimum absolute atomic E-state index is 0.372. The smallest absolute Gasteiger partial charge is 0.243 e. The van der Waals surface area contributed by atoms with E-state index in [1.807, 2.05) is 19.0 Å². The summed E-state index contributed by atoms with van der Waals surface area (Å²) >= 11 is 0. The lowest BCUT2D eigenvalue weighted by molar-refractivity contribution is 0.284. The van der Waals surface area contributed by atoms with Crippen molar-refractivity contribution in [2.75, 3.05) is 29.7 Å². The van der Waals surface area contributed by atoms with Crippen molar-refractivity contribution in [2.24, 2.45) is 11.8 Å². The van der Waals surface area contributed by atoms with Gasteiger partial charge in [0, 0.05) is 20.1 Å². The van der Waals surface area contributed by atoms with E-state index in [4.69, 9.17) is 5.84 Å². The van der Waals surface area contributed by atoms with Crippen molar-refractivity contribution in [3.8, 4) is 0 Å². The zero-order valence-electron chi connectivity index (χ0n) is 11.1. The van der Waals surface area contributed by atoms with E-state index in [0.717, 1.165) is 5.92 Å². The molecule has 0 amide bonds. The Bertz CT molecular complexity index is 402. The molecule has 7 nitrogen and oxygen atoms in total. The lowest BCUT2D eigenvalue weighted by atomic mass is 9.80. The van der Waals surface area contributed by atoms with Gasteiger partial charge >= 0.3 is 0 Å². The van der Waals surface area contributed by atoms with Crippen LogP contribution in [0.2, 0.25) is 0 Å². The third-order valence-corrected chi connectivity index (χ3v) is 3.37. The van der Waals surface area contributed by atoms with Crippen LogP contribution >= 0.6 is 0 Å². The second-order valence-electron chi connectivity index (χ2n) is 4.95. The fraction of sp³-hybridized carbons (Fsp3) is 0.727. The van der Waals surface area contributed by atoms with Gasteiger partial charge < -0.3 is 10.2 Å². The Kier molecular flexibility index (Phi) is 3.81. The van der Waals surface area contributed by atoms with Gasteiger partial charge in [0.15, 0.2) is 0 Å². The molecule has 1 aromatic heterocycles. The summed E-state index contributed by atoms with van der Waals surface area (Å²) in [5.41, 5.74) is 2.46. The van der Waals surface area contributed by atoms with E-state index in [1.54, 1.807) is 0 Å². The Balaban J connectivity index is 2.12. The van der Waals surface area contributed by atoms with Gasteiger partial charge in [-0.25, -0.2) is 5.84 Å². The standard InChI is InChI=1S/C11H21N7/c1-7(8-5-4-6-8)13-9-14-10(17-12)16-11(15-9)18(2)3/h7-8H,4-6,12H2,1-3H3,(H2,13,14,15,16,17). The molecule has 100 valence electrons. The number of rotatable bonds is 5. The normalized spacial score (nSPS) is 16.9. The van der Waals surface area contributed by atoms with Gasteiger partial charge in [0.25, 0.3) is 0 Å². The van der Waals surface area contributed by atoms with E-state index >= 15 is 0 Å². The Hall–Kier alpha value is -1.63. The van der Waals surface area contributed by atoms with Gasteiger partial charge in [-0.15, -0.1) is 0 Å². The molecule has 1 unspecified atom stereocenters. The Morgan fingerprint density at radius 3 is 2.39 bits per heavy atom. The van der Waals surface area contributed by atoms with Crippen LogP contribution in [0, 0.1) is 5.92 Å². The maximum atomic E-state index is 5.37. The molecule has 1 saturated carbocycles. The highest BCUT2D eigenvalue weighted by Crippen LogP contribution is 2.30. The van der Waals surface area contributed by atoms with Gasteiger partial charge in [-0.1, -0.05) is 6.42 Å². The molecule has 0 radical (unpaired) electrons. The summed E-state index contributed by atoms with van der Waals surface area (Å²) in [4.78, 5) is 14.6. The van der Waals surface area contributed by atoms with E-state index in [1.165, 1.54) is 19.3 Å². The van der Waals surface area contributed by atoms with Gasteiger partial charge in [-0.2, -0.15) is 15.0 Å². The van der Waals surface area contributed by atoms with Crippen molar-refractivity contribution in [3.63, 3.8) is 0 Å². The first kappa shape index (κ1) is 12.8. The summed E-state index contributed by atoms with van der Waals surface area (Å²) in [6.45, 7) is 2.17. The van der Waals surface area contributed by atoms with Crippen LogP contribution in [-0.4, -0.2) is 35.1 Å². The summed E-state index contributed by atoms with van der Waals surface area (Å²) in [6.07, 6.45) is 3.88. The van der Waals surface area contributed by atoms with Crippen LogP contribution in [0.5, 0.6) is 0 Å². The summed E-state index contributed by atoms with van der Waals surface area (Å²) in [6, 6.07) is 0.377. The second kappa shape index (κ2) is 5.34. The molecule has 18 heavy (non-hydrogen) atoms. The Morgan fingerprint density at radius 2 is 1.89 bits per heavy atom. The van der Waals surface area contributed by atoms with Crippen LogP contribution in [-0.2, 0) is 0 Å². The van der Waals surface area contributed by atoms with E-state index < -0.39 is 0 Å². The molecule has 1 heterocycles. The average molecular weight is 251 g/mol. The molecule has 1 aromatic rings. The van der Waals surface area contributed by atoms with Crippen LogP contribution in [0.4, 0.5) is 17.8 Å². The molecule has 1 aliphatic rings. The molecular formula is C11H21N7. The van der Waals surface area contributed by atoms with Crippen LogP contribution in [0.25, 0.3) is 0 Å². The topological polar surface area (TPSA) is 92.0 Å². The molecule has 4 N–H and O–H groups in total. The van der Waals surface area contributed by atoms with Crippen molar-refractivity contribution in [1.29, 1.82) is 0 Å². The van der Waals surface area contributed by atoms with E-state index in [-0.39, 0.29) is 0 Å². The monoisotopic (exact) mass is 251 g/mol. The highest BCUT2D eigenvalue weighted by molar-refractivity contribution is 5.42.